The first-order valence-electron chi connectivity index (χ1n) is 7.74. The molecule has 7 heteroatoms. The first-order valence-corrected chi connectivity index (χ1v) is 7.74. The fourth-order valence-corrected chi connectivity index (χ4v) is 2.16. The molecule has 0 atom stereocenters. The summed E-state index contributed by atoms with van der Waals surface area (Å²) in [6, 6.07) is 15.6. The number of benzene rings is 2. The number of carbonyl (C=O) groups excluding carboxylic acids is 2. The van der Waals surface area contributed by atoms with Crippen LogP contribution in [-0.2, 0) is 4.79 Å². The molecule has 2 amide bonds. The van der Waals surface area contributed by atoms with Crippen molar-refractivity contribution in [3.05, 3.63) is 78.5 Å². The van der Waals surface area contributed by atoms with Crippen LogP contribution in [0, 0.1) is 5.82 Å². The highest BCUT2D eigenvalue weighted by atomic mass is 19.1. The van der Waals surface area contributed by atoms with E-state index in [2.05, 4.69) is 10.6 Å². The molecule has 0 unspecified atom stereocenters. The second kappa shape index (κ2) is 7.98. The van der Waals surface area contributed by atoms with E-state index in [9.17, 15) is 14.0 Å². The maximum Gasteiger partial charge on any atom is 0.291 e. The van der Waals surface area contributed by atoms with Gasteiger partial charge in [-0.1, -0.05) is 18.2 Å². The number of para-hydroxylation sites is 1. The van der Waals surface area contributed by atoms with Gasteiger partial charge >= 0.3 is 0 Å². The smallest absolute Gasteiger partial charge is 0.291 e. The monoisotopic (exact) mass is 354 g/mol. The van der Waals surface area contributed by atoms with Crippen LogP contribution in [0.15, 0.2) is 71.3 Å². The molecule has 0 aliphatic rings. The van der Waals surface area contributed by atoms with Crippen LogP contribution in [-0.4, -0.2) is 18.4 Å². The molecule has 1 heterocycles. The molecule has 0 fully saturated rings. The van der Waals surface area contributed by atoms with Crippen molar-refractivity contribution in [1.29, 1.82) is 0 Å². The molecule has 3 aromatic rings. The minimum atomic E-state index is -0.525. The molecule has 0 aliphatic heterocycles. The molecule has 0 saturated carbocycles. The van der Waals surface area contributed by atoms with Crippen molar-refractivity contribution in [2.45, 2.75) is 0 Å². The molecule has 0 saturated heterocycles. The normalized spacial score (nSPS) is 10.2. The predicted molar refractivity (Wildman–Crippen MR) is 93.6 cm³/mol. The van der Waals surface area contributed by atoms with Crippen molar-refractivity contribution in [2.24, 2.45) is 0 Å². The second-order valence-corrected chi connectivity index (χ2v) is 5.28. The Morgan fingerprint density at radius 3 is 2.62 bits per heavy atom. The van der Waals surface area contributed by atoms with Crippen molar-refractivity contribution < 1.29 is 23.1 Å². The van der Waals surface area contributed by atoms with E-state index in [0.29, 0.717) is 11.4 Å². The Kier molecular flexibility index (Phi) is 5.28. The van der Waals surface area contributed by atoms with Crippen molar-refractivity contribution in [1.82, 2.24) is 0 Å². The molecular weight excluding hydrogens is 339 g/mol. The molecule has 132 valence electrons. The summed E-state index contributed by atoms with van der Waals surface area (Å²) in [5.41, 5.74) is 0.568. The maximum atomic E-state index is 13.5. The molecule has 0 spiro atoms. The topological polar surface area (TPSA) is 80.6 Å². The van der Waals surface area contributed by atoms with Crippen molar-refractivity contribution in [3.63, 3.8) is 0 Å². The van der Waals surface area contributed by atoms with E-state index in [4.69, 9.17) is 9.15 Å². The van der Waals surface area contributed by atoms with Crippen LogP contribution in [0.5, 0.6) is 5.75 Å². The number of rotatable bonds is 6. The van der Waals surface area contributed by atoms with Crippen molar-refractivity contribution in [2.75, 3.05) is 17.2 Å². The van der Waals surface area contributed by atoms with Gasteiger partial charge < -0.3 is 19.8 Å². The third kappa shape index (κ3) is 4.47. The van der Waals surface area contributed by atoms with Crippen LogP contribution in [0.1, 0.15) is 10.6 Å². The fraction of sp³-hybridized carbons (Fsp3) is 0.0526. The number of halogens is 1. The summed E-state index contributed by atoms with van der Waals surface area (Å²) in [6.45, 7) is -0.302. The number of hydrogen-bond donors (Lipinski definition) is 2. The Labute approximate surface area is 148 Å². The van der Waals surface area contributed by atoms with Gasteiger partial charge in [0.1, 0.15) is 11.6 Å². The van der Waals surface area contributed by atoms with E-state index in [-0.39, 0.29) is 18.1 Å². The summed E-state index contributed by atoms with van der Waals surface area (Å²) in [5.74, 6) is -0.862. The highest BCUT2D eigenvalue weighted by Gasteiger charge is 2.10. The first kappa shape index (κ1) is 17.2. The van der Waals surface area contributed by atoms with Crippen molar-refractivity contribution >= 4 is 23.2 Å². The molecular formula is C19H15FN2O4. The summed E-state index contributed by atoms with van der Waals surface area (Å²) in [5, 5.41) is 5.08. The van der Waals surface area contributed by atoms with Crippen molar-refractivity contribution in [3.8, 4) is 5.75 Å². The van der Waals surface area contributed by atoms with E-state index in [1.54, 1.807) is 42.5 Å². The number of amides is 2. The van der Waals surface area contributed by atoms with E-state index < -0.39 is 17.6 Å². The van der Waals surface area contributed by atoms with E-state index >= 15 is 0 Å². The van der Waals surface area contributed by atoms with Crippen LogP contribution in [0.4, 0.5) is 15.8 Å². The molecule has 0 bridgehead atoms. The third-order valence-corrected chi connectivity index (χ3v) is 3.35. The van der Waals surface area contributed by atoms with Gasteiger partial charge in [-0.25, -0.2) is 4.39 Å². The van der Waals surface area contributed by atoms with Gasteiger partial charge in [0.25, 0.3) is 11.8 Å². The summed E-state index contributed by atoms with van der Waals surface area (Å²) < 4.78 is 23.9. The number of anilines is 2. The van der Waals surface area contributed by atoms with Crippen LogP contribution in [0.3, 0.4) is 0 Å². The average Bonchev–Trinajstić information content (AvgIpc) is 3.17. The van der Waals surface area contributed by atoms with Gasteiger partial charge in [0.05, 0.1) is 12.0 Å². The molecule has 0 aliphatic carbocycles. The average molecular weight is 354 g/mol. The summed E-state index contributed by atoms with van der Waals surface area (Å²) >= 11 is 0. The Morgan fingerprint density at radius 2 is 1.85 bits per heavy atom. The lowest BCUT2D eigenvalue weighted by molar-refractivity contribution is -0.118. The number of nitrogens with one attached hydrogen (secondary N) is 2. The second-order valence-electron chi connectivity index (χ2n) is 5.28. The Balaban J connectivity index is 1.56. The highest BCUT2D eigenvalue weighted by Crippen LogP contribution is 2.18. The van der Waals surface area contributed by atoms with E-state index in [0.717, 1.165) is 0 Å². The molecule has 2 N–H and O–H groups in total. The van der Waals surface area contributed by atoms with Crippen LogP contribution in [0.25, 0.3) is 0 Å². The molecule has 6 nitrogen and oxygen atoms in total. The largest absolute Gasteiger partial charge is 0.484 e. The Morgan fingerprint density at radius 1 is 1.00 bits per heavy atom. The maximum absolute atomic E-state index is 13.5. The van der Waals surface area contributed by atoms with Gasteiger partial charge in [0.2, 0.25) is 0 Å². The minimum Gasteiger partial charge on any atom is -0.484 e. The van der Waals surface area contributed by atoms with Gasteiger partial charge in [0, 0.05) is 11.8 Å². The molecule has 1 aromatic heterocycles. The number of carbonyl (C=O) groups is 2. The van der Waals surface area contributed by atoms with Crippen LogP contribution >= 0.6 is 0 Å². The fourth-order valence-electron chi connectivity index (χ4n) is 2.16. The standard InChI is InChI=1S/C19H15FN2O4/c20-15-7-1-2-8-16(15)22-18(23)12-26-14-6-3-5-13(11-14)21-19(24)17-9-4-10-25-17/h1-11H,12H2,(H,21,24)(H,22,23). The van der Waals surface area contributed by atoms with Gasteiger partial charge in [-0.2, -0.15) is 0 Å². The zero-order chi connectivity index (χ0) is 18.4. The number of hydrogen-bond acceptors (Lipinski definition) is 4. The number of ether oxygens (including phenoxy) is 1. The molecule has 0 radical (unpaired) electrons. The molecule has 26 heavy (non-hydrogen) atoms. The van der Waals surface area contributed by atoms with Gasteiger partial charge in [-0.3, -0.25) is 9.59 Å². The zero-order valence-corrected chi connectivity index (χ0v) is 13.6. The lowest BCUT2D eigenvalue weighted by Gasteiger charge is -2.09. The summed E-state index contributed by atoms with van der Waals surface area (Å²) in [4.78, 5) is 23.8. The third-order valence-electron chi connectivity index (χ3n) is 3.35. The van der Waals surface area contributed by atoms with E-state index in [1.165, 1.54) is 24.5 Å². The Bertz CT molecular complexity index is 909. The summed E-state index contributed by atoms with van der Waals surface area (Å²) in [6.07, 6.45) is 1.41. The quantitative estimate of drug-likeness (QED) is 0.707. The van der Waals surface area contributed by atoms with Crippen LogP contribution < -0.4 is 15.4 Å². The lowest BCUT2D eigenvalue weighted by Crippen LogP contribution is -2.20. The van der Waals surface area contributed by atoms with Gasteiger partial charge in [-0.15, -0.1) is 0 Å². The summed E-state index contributed by atoms with van der Waals surface area (Å²) in [7, 11) is 0. The van der Waals surface area contributed by atoms with Crippen LogP contribution in [0.2, 0.25) is 0 Å². The van der Waals surface area contributed by atoms with Gasteiger partial charge in [-0.05, 0) is 36.4 Å². The SMILES string of the molecule is O=C(COc1cccc(NC(=O)c2ccco2)c1)Nc1ccccc1F. The predicted octanol–water partition coefficient (Wildman–Crippen LogP) is 3.69. The van der Waals surface area contributed by atoms with E-state index in [1.807, 2.05) is 0 Å². The number of furan rings is 1. The zero-order valence-electron chi connectivity index (χ0n) is 13.6. The van der Waals surface area contributed by atoms with Gasteiger partial charge in [0.15, 0.2) is 12.4 Å². The highest BCUT2D eigenvalue weighted by molar-refractivity contribution is 6.02. The molecule has 3 rings (SSSR count). The first-order chi connectivity index (χ1) is 12.6. The minimum absolute atomic E-state index is 0.0839. The lowest BCUT2D eigenvalue weighted by atomic mass is 10.3. The Hall–Kier alpha value is -3.61. The molecule has 2 aromatic carbocycles.